The predicted octanol–water partition coefficient (Wildman–Crippen LogP) is -0.0861. The molecule has 0 aliphatic carbocycles. The summed E-state index contributed by atoms with van der Waals surface area (Å²) >= 11 is 0. The number of amides is 1. The van der Waals surface area contributed by atoms with Crippen LogP contribution in [0.15, 0.2) is 18.3 Å². The standard InChI is InChI=1S/C14H21N5O2/c15-17-13-12(2-1-4-16-13)14(20)19-5-3-11(10-19)18-6-8-21-9-7-18/h1-2,4,11H,3,5-10,15H2,(H,16,17). The first-order valence-electron chi connectivity index (χ1n) is 7.32. The van der Waals surface area contributed by atoms with Crippen LogP contribution in [-0.2, 0) is 4.74 Å². The summed E-state index contributed by atoms with van der Waals surface area (Å²) in [6.45, 7) is 5.02. The van der Waals surface area contributed by atoms with Gasteiger partial charge in [-0.25, -0.2) is 10.8 Å². The number of hydrogen-bond donors (Lipinski definition) is 2. The van der Waals surface area contributed by atoms with Crippen LogP contribution in [0.25, 0.3) is 0 Å². The van der Waals surface area contributed by atoms with Crippen molar-refractivity contribution in [2.75, 3.05) is 44.8 Å². The SMILES string of the molecule is NNc1ncccc1C(=O)N1CCC(N2CCOCC2)C1. The molecule has 0 saturated carbocycles. The molecule has 3 heterocycles. The first kappa shape index (κ1) is 14.2. The number of carbonyl (C=O) groups is 1. The lowest BCUT2D eigenvalue weighted by Gasteiger charge is -2.32. The van der Waals surface area contributed by atoms with Gasteiger partial charge in [-0.2, -0.15) is 0 Å². The number of nitrogen functional groups attached to an aromatic ring is 1. The number of nitrogens with two attached hydrogens (primary N) is 1. The predicted molar refractivity (Wildman–Crippen MR) is 78.7 cm³/mol. The Kier molecular flexibility index (Phi) is 4.33. The summed E-state index contributed by atoms with van der Waals surface area (Å²) in [6, 6.07) is 3.94. The minimum atomic E-state index is -0.00758. The third kappa shape index (κ3) is 2.99. The molecule has 7 nitrogen and oxygen atoms in total. The lowest BCUT2D eigenvalue weighted by atomic mass is 10.2. The zero-order valence-electron chi connectivity index (χ0n) is 12.0. The van der Waals surface area contributed by atoms with Crippen molar-refractivity contribution in [3.63, 3.8) is 0 Å². The molecule has 2 aliphatic rings. The second-order valence-electron chi connectivity index (χ2n) is 5.39. The Balaban J connectivity index is 1.66. The van der Waals surface area contributed by atoms with Crippen molar-refractivity contribution in [1.29, 1.82) is 0 Å². The van der Waals surface area contributed by atoms with Crippen LogP contribution in [-0.4, -0.2) is 66.1 Å². The lowest BCUT2D eigenvalue weighted by Crippen LogP contribution is -2.45. The number of rotatable bonds is 3. The lowest BCUT2D eigenvalue weighted by molar-refractivity contribution is 0.0185. The van der Waals surface area contributed by atoms with E-state index >= 15 is 0 Å². The molecule has 2 aliphatic heterocycles. The highest BCUT2D eigenvalue weighted by Crippen LogP contribution is 2.21. The molecule has 1 atom stereocenters. The molecule has 2 saturated heterocycles. The molecule has 3 rings (SSSR count). The summed E-state index contributed by atoms with van der Waals surface area (Å²) in [7, 11) is 0. The van der Waals surface area contributed by atoms with Gasteiger partial charge in [0.1, 0.15) is 0 Å². The Bertz CT molecular complexity index is 504. The molecule has 1 unspecified atom stereocenters. The van der Waals surface area contributed by atoms with E-state index in [2.05, 4.69) is 15.3 Å². The molecule has 0 spiro atoms. The number of nitrogens with one attached hydrogen (secondary N) is 1. The van der Waals surface area contributed by atoms with Crippen molar-refractivity contribution in [1.82, 2.24) is 14.8 Å². The summed E-state index contributed by atoms with van der Waals surface area (Å²) in [6.07, 6.45) is 2.63. The van der Waals surface area contributed by atoms with E-state index in [1.807, 2.05) is 4.90 Å². The molecular formula is C14H21N5O2. The number of hydrogen-bond acceptors (Lipinski definition) is 6. The molecule has 1 aromatic rings. The van der Waals surface area contributed by atoms with Crippen molar-refractivity contribution in [3.8, 4) is 0 Å². The Morgan fingerprint density at radius 3 is 2.95 bits per heavy atom. The third-order valence-electron chi connectivity index (χ3n) is 4.19. The largest absolute Gasteiger partial charge is 0.379 e. The average molecular weight is 291 g/mol. The van der Waals surface area contributed by atoms with Gasteiger partial charge in [0.2, 0.25) is 0 Å². The average Bonchev–Trinajstić information content (AvgIpc) is 3.05. The van der Waals surface area contributed by atoms with E-state index in [1.54, 1.807) is 18.3 Å². The Morgan fingerprint density at radius 2 is 2.19 bits per heavy atom. The van der Waals surface area contributed by atoms with Crippen molar-refractivity contribution in [2.24, 2.45) is 5.84 Å². The number of morpholine rings is 1. The van der Waals surface area contributed by atoms with E-state index < -0.39 is 0 Å². The molecule has 0 radical (unpaired) electrons. The molecule has 1 amide bonds. The van der Waals surface area contributed by atoms with E-state index in [0.717, 1.165) is 45.8 Å². The number of pyridine rings is 1. The van der Waals surface area contributed by atoms with Gasteiger partial charge in [0.05, 0.1) is 18.8 Å². The van der Waals surface area contributed by atoms with Crippen molar-refractivity contribution in [3.05, 3.63) is 23.9 Å². The van der Waals surface area contributed by atoms with Gasteiger partial charge in [0.25, 0.3) is 5.91 Å². The number of aromatic nitrogens is 1. The Hall–Kier alpha value is -1.70. The van der Waals surface area contributed by atoms with Crippen molar-refractivity contribution >= 4 is 11.7 Å². The number of hydrazine groups is 1. The van der Waals surface area contributed by atoms with Crippen LogP contribution >= 0.6 is 0 Å². The fourth-order valence-electron chi connectivity index (χ4n) is 3.03. The van der Waals surface area contributed by atoms with Gasteiger partial charge in [-0.3, -0.25) is 9.69 Å². The number of ether oxygens (including phenoxy) is 1. The smallest absolute Gasteiger partial charge is 0.257 e. The van der Waals surface area contributed by atoms with Gasteiger partial charge in [-0.1, -0.05) is 0 Å². The number of nitrogens with zero attached hydrogens (tertiary/aromatic N) is 3. The highest BCUT2D eigenvalue weighted by Gasteiger charge is 2.32. The van der Waals surface area contributed by atoms with E-state index in [-0.39, 0.29) is 5.91 Å². The van der Waals surface area contributed by atoms with Gasteiger partial charge < -0.3 is 15.1 Å². The monoisotopic (exact) mass is 291 g/mol. The van der Waals surface area contributed by atoms with Gasteiger partial charge in [-0.05, 0) is 18.6 Å². The summed E-state index contributed by atoms with van der Waals surface area (Å²) < 4.78 is 5.38. The molecule has 114 valence electrons. The molecular weight excluding hydrogens is 270 g/mol. The second-order valence-corrected chi connectivity index (χ2v) is 5.39. The number of anilines is 1. The van der Waals surface area contributed by atoms with Gasteiger partial charge in [-0.15, -0.1) is 0 Å². The van der Waals surface area contributed by atoms with Crippen LogP contribution in [0.2, 0.25) is 0 Å². The third-order valence-corrected chi connectivity index (χ3v) is 4.19. The maximum Gasteiger partial charge on any atom is 0.257 e. The quantitative estimate of drug-likeness (QED) is 0.598. The fraction of sp³-hybridized carbons (Fsp3) is 0.571. The minimum Gasteiger partial charge on any atom is -0.379 e. The van der Waals surface area contributed by atoms with Gasteiger partial charge in [0, 0.05) is 38.4 Å². The highest BCUT2D eigenvalue weighted by molar-refractivity contribution is 5.98. The van der Waals surface area contributed by atoms with Gasteiger partial charge in [0.15, 0.2) is 5.82 Å². The maximum absolute atomic E-state index is 12.6. The summed E-state index contributed by atoms with van der Waals surface area (Å²) in [5, 5.41) is 0. The van der Waals surface area contributed by atoms with Crippen molar-refractivity contribution in [2.45, 2.75) is 12.5 Å². The zero-order valence-corrected chi connectivity index (χ0v) is 12.0. The summed E-state index contributed by atoms with van der Waals surface area (Å²) in [4.78, 5) is 21.0. The van der Waals surface area contributed by atoms with Crippen LogP contribution in [0.1, 0.15) is 16.8 Å². The normalized spacial score (nSPS) is 23.3. The Labute approximate surface area is 124 Å². The first-order valence-corrected chi connectivity index (χ1v) is 7.32. The molecule has 2 fully saturated rings. The molecule has 21 heavy (non-hydrogen) atoms. The zero-order chi connectivity index (χ0) is 14.7. The molecule has 3 N–H and O–H groups in total. The maximum atomic E-state index is 12.6. The van der Waals surface area contributed by atoms with E-state index in [0.29, 0.717) is 17.4 Å². The van der Waals surface area contributed by atoms with Crippen LogP contribution in [0, 0.1) is 0 Å². The minimum absolute atomic E-state index is 0.00758. The van der Waals surface area contributed by atoms with E-state index in [9.17, 15) is 4.79 Å². The van der Waals surface area contributed by atoms with E-state index in [1.165, 1.54) is 0 Å². The molecule has 7 heteroatoms. The Morgan fingerprint density at radius 1 is 1.38 bits per heavy atom. The second kappa shape index (κ2) is 6.38. The van der Waals surface area contributed by atoms with Crippen LogP contribution in [0.5, 0.6) is 0 Å². The summed E-state index contributed by atoms with van der Waals surface area (Å²) in [5.74, 6) is 5.85. The molecule has 1 aromatic heterocycles. The number of carbonyl (C=O) groups excluding carboxylic acids is 1. The molecule has 0 bridgehead atoms. The van der Waals surface area contributed by atoms with Crippen molar-refractivity contribution < 1.29 is 9.53 Å². The number of likely N-dealkylation sites (tertiary alicyclic amines) is 1. The summed E-state index contributed by atoms with van der Waals surface area (Å²) in [5.41, 5.74) is 3.02. The van der Waals surface area contributed by atoms with Crippen LogP contribution in [0.3, 0.4) is 0 Å². The highest BCUT2D eigenvalue weighted by atomic mass is 16.5. The van der Waals surface area contributed by atoms with E-state index in [4.69, 9.17) is 10.6 Å². The first-order chi connectivity index (χ1) is 10.3. The van der Waals surface area contributed by atoms with Gasteiger partial charge >= 0.3 is 0 Å². The van der Waals surface area contributed by atoms with Crippen LogP contribution < -0.4 is 11.3 Å². The topological polar surface area (TPSA) is 83.7 Å². The van der Waals surface area contributed by atoms with Crippen LogP contribution in [0.4, 0.5) is 5.82 Å². The fourth-order valence-corrected chi connectivity index (χ4v) is 3.03. The molecule has 0 aromatic carbocycles.